The molecule has 3 aliphatic rings. The summed E-state index contributed by atoms with van der Waals surface area (Å²) in [6, 6.07) is 9.70. The summed E-state index contributed by atoms with van der Waals surface area (Å²) < 4.78 is 0. The first kappa shape index (κ1) is 14.3. The smallest absolute Gasteiger partial charge is 0.243 e. The van der Waals surface area contributed by atoms with Crippen molar-refractivity contribution in [2.45, 2.75) is 31.6 Å². The number of nitrogens with one attached hydrogen (secondary N) is 1. The molecule has 0 bridgehead atoms. The highest BCUT2D eigenvalue weighted by molar-refractivity contribution is 8.04. The maximum Gasteiger partial charge on any atom is 0.243 e. The lowest BCUT2D eigenvalue weighted by Crippen LogP contribution is -2.58. The predicted octanol–water partition coefficient (Wildman–Crippen LogP) is 3.67. The van der Waals surface area contributed by atoms with Gasteiger partial charge in [-0.25, -0.2) is 0 Å². The SMILES string of the molecule is CC1CCC2=C(C1)SC1NC(=S)N(c3ccccc3)C(=O)C21. The molecule has 0 saturated carbocycles. The first-order chi connectivity index (χ1) is 10.6. The van der Waals surface area contributed by atoms with Crippen LogP contribution in [0.15, 0.2) is 40.8 Å². The van der Waals surface area contributed by atoms with Crippen molar-refractivity contribution in [3.05, 3.63) is 40.8 Å². The van der Waals surface area contributed by atoms with Gasteiger partial charge in [0, 0.05) is 0 Å². The van der Waals surface area contributed by atoms with Gasteiger partial charge in [-0.2, -0.15) is 0 Å². The quantitative estimate of drug-likeness (QED) is 0.796. The van der Waals surface area contributed by atoms with Crippen molar-refractivity contribution < 1.29 is 4.79 Å². The number of thioether (sulfide) groups is 1. The van der Waals surface area contributed by atoms with E-state index < -0.39 is 0 Å². The Morgan fingerprint density at radius 1 is 1.32 bits per heavy atom. The molecular formula is C17H18N2OS2. The van der Waals surface area contributed by atoms with Crippen molar-refractivity contribution in [3.63, 3.8) is 0 Å². The van der Waals surface area contributed by atoms with E-state index in [1.54, 1.807) is 4.90 Å². The van der Waals surface area contributed by atoms with Gasteiger partial charge in [0.25, 0.3) is 0 Å². The standard InChI is InChI=1S/C17H18N2OS2/c1-10-7-8-12-13(9-10)22-15-14(12)16(20)19(17(21)18-15)11-5-3-2-4-6-11/h2-6,10,14-15H,7-9H2,1H3,(H,18,21). The van der Waals surface area contributed by atoms with Crippen LogP contribution in [0.2, 0.25) is 0 Å². The highest BCUT2D eigenvalue weighted by atomic mass is 32.2. The Hall–Kier alpha value is -1.33. The number of anilines is 1. The van der Waals surface area contributed by atoms with Gasteiger partial charge in [-0.15, -0.1) is 11.8 Å². The average Bonchev–Trinajstić information content (AvgIpc) is 2.85. The molecule has 1 fully saturated rings. The number of amides is 1. The number of carbonyl (C=O) groups is 1. The zero-order valence-corrected chi connectivity index (χ0v) is 14.0. The molecule has 1 aromatic carbocycles. The van der Waals surface area contributed by atoms with Gasteiger partial charge in [0.15, 0.2) is 5.11 Å². The second-order valence-electron chi connectivity index (χ2n) is 6.27. The lowest BCUT2D eigenvalue weighted by Gasteiger charge is -2.36. The number of rotatable bonds is 1. The van der Waals surface area contributed by atoms with E-state index in [-0.39, 0.29) is 17.2 Å². The number of allylic oxidation sites excluding steroid dienone is 1. The van der Waals surface area contributed by atoms with Crippen LogP contribution in [0.1, 0.15) is 26.2 Å². The van der Waals surface area contributed by atoms with Gasteiger partial charge in [-0.3, -0.25) is 9.69 Å². The molecule has 2 aliphatic heterocycles. The molecule has 3 atom stereocenters. The summed E-state index contributed by atoms with van der Waals surface area (Å²) in [6.45, 7) is 2.29. The molecule has 0 radical (unpaired) electrons. The fourth-order valence-electron chi connectivity index (χ4n) is 3.59. The van der Waals surface area contributed by atoms with Crippen molar-refractivity contribution in [1.82, 2.24) is 5.32 Å². The van der Waals surface area contributed by atoms with Crippen LogP contribution >= 0.6 is 24.0 Å². The van der Waals surface area contributed by atoms with Crippen LogP contribution in [0.3, 0.4) is 0 Å². The molecule has 1 aromatic rings. The van der Waals surface area contributed by atoms with Crippen LogP contribution in [-0.4, -0.2) is 16.4 Å². The molecule has 3 nitrogen and oxygen atoms in total. The Morgan fingerprint density at radius 2 is 2.09 bits per heavy atom. The van der Waals surface area contributed by atoms with Crippen LogP contribution in [0.4, 0.5) is 5.69 Å². The third-order valence-electron chi connectivity index (χ3n) is 4.72. The molecule has 22 heavy (non-hydrogen) atoms. The van der Waals surface area contributed by atoms with E-state index in [1.165, 1.54) is 16.9 Å². The summed E-state index contributed by atoms with van der Waals surface area (Å²) >= 11 is 7.28. The molecular weight excluding hydrogens is 312 g/mol. The lowest BCUT2D eigenvalue weighted by molar-refractivity contribution is -0.121. The number of carbonyl (C=O) groups excluding carboxylic acids is 1. The molecule has 3 unspecified atom stereocenters. The summed E-state index contributed by atoms with van der Waals surface area (Å²) in [5.41, 5.74) is 2.21. The van der Waals surface area contributed by atoms with Gasteiger partial charge in [-0.05, 0) is 60.0 Å². The predicted molar refractivity (Wildman–Crippen MR) is 94.6 cm³/mol. The molecule has 0 aromatic heterocycles. The second-order valence-corrected chi connectivity index (χ2v) is 7.89. The van der Waals surface area contributed by atoms with Gasteiger partial charge in [-0.1, -0.05) is 25.1 Å². The Labute approximate surface area is 140 Å². The number of thiocarbonyl (C=S) groups is 1. The first-order valence-electron chi connectivity index (χ1n) is 7.73. The summed E-state index contributed by atoms with van der Waals surface area (Å²) in [4.78, 5) is 16.2. The Balaban J connectivity index is 1.69. The van der Waals surface area contributed by atoms with Crippen molar-refractivity contribution in [1.29, 1.82) is 0 Å². The van der Waals surface area contributed by atoms with Crippen LogP contribution in [-0.2, 0) is 4.79 Å². The number of nitrogens with zero attached hydrogens (tertiary/aromatic N) is 1. The van der Waals surface area contributed by atoms with Crippen molar-refractivity contribution >= 4 is 40.7 Å². The van der Waals surface area contributed by atoms with Crippen molar-refractivity contribution in [2.75, 3.05) is 4.90 Å². The molecule has 0 spiro atoms. The monoisotopic (exact) mass is 330 g/mol. The van der Waals surface area contributed by atoms with E-state index in [9.17, 15) is 4.79 Å². The molecule has 1 amide bonds. The number of hydrogen-bond donors (Lipinski definition) is 1. The van der Waals surface area contributed by atoms with E-state index in [1.807, 2.05) is 42.1 Å². The van der Waals surface area contributed by atoms with Crippen LogP contribution in [0.25, 0.3) is 0 Å². The molecule has 1 aliphatic carbocycles. The first-order valence-corrected chi connectivity index (χ1v) is 9.02. The van der Waals surface area contributed by atoms with E-state index >= 15 is 0 Å². The fourth-order valence-corrected chi connectivity index (χ4v) is 5.64. The average molecular weight is 330 g/mol. The number of fused-ring (bicyclic) bond motifs is 2. The van der Waals surface area contributed by atoms with Crippen molar-refractivity contribution in [2.24, 2.45) is 11.8 Å². The molecule has 5 heteroatoms. The Bertz CT molecular complexity index is 670. The Morgan fingerprint density at radius 3 is 2.86 bits per heavy atom. The van der Waals surface area contributed by atoms with Crippen LogP contribution < -0.4 is 10.2 Å². The normalized spacial score (nSPS) is 31.0. The van der Waals surface area contributed by atoms with E-state index in [0.717, 1.165) is 24.4 Å². The molecule has 1 N–H and O–H groups in total. The molecule has 4 rings (SSSR count). The van der Waals surface area contributed by atoms with Gasteiger partial charge in [0.2, 0.25) is 5.91 Å². The minimum Gasteiger partial charge on any atom is -0.349 e. The molecule has 114 valence electrons. The summed E-state index contributed by atoms with van der Waals surface area (Å²) in [6.07, 6.45) is 3.35. The summed E-state index contributed by atoms with van der Waals surface area (Å²) in [7, 11) is 0. The maximum atomic E-state index is 13.1. The molecule has 2 heterocycles. The maximum absolute atomic E-state index is 13.1. The third-order valence-corrected chi connectivity index (χ3v) is 6.37. The summed E-state index contributed by atoms with van der Waals surface area (Å²) in [5, 5.41) is 4.00. The number of hydrogen-bond acceptors (Lipinski definition) is 3. The van der Waals surface area contributed by atoms with E-state index in [2.05, 4.69) is 12.2 Å². The van der Waals surface area contributed by atoms with Gasteiger partial charge < -0.3 is 5.32 Å². The van der Waals surface area contributed by atoms with E-state index in [4.69, 9.17) is 12.2 Å². The second kappa shape index (κ2) is 5.39. The van der Waals surface area contributed by atoms with Gasteiger partial charge >= 0.3 is 0 Å². The zero-order chi connectivity index (χ0) is 15.3. The third kappa shape index (κ3) is 2.18. The Kier molecular flexibility index (Phi) is 3.50. The molecule has 1 saturated heterocycles. The van der Waals surface area contributed by atoms with Crippen LogP contribution in [0.5, 0.6) is 0 Å². The largest absolute Gasteiger partial charge is 0.349 e. The van der Waals surface area contributed by atoms with Gasteiger partial charge in [0.1, 0.15) is 0 Å². The minimum absolute atomic E-state index is 0.0561. The number of benzene rings is 1. The van der Waals surface area contributed by atoms with E-state index in [0.29, 0.717) is 5.11 Å². The zero-order valence-electron chi connectivity index (χ0n) is 12.4. The highest BCUT2D eigenvalue weighted by Gasteiger charge is 2.48. The highest BCUT2D eigenvalue weighted by Crippen LogP contribution is 2.51. The minimum atomic E-state index is -0.0561. The fraction of sp³-hybridized carbons (Fsp3) is 0.412. The summed E-state index contributed by atoms with van der Waals surface area (Å²) in [5.74, 6) is 0.796. The van der Waals surface area contributed by atoms with Crippen LogP contribution in [0, 0.1) is 11.8 Å². The van der Waals surface area contributed by atoms with Crippen molar-refractivity contribution in [3.8, 4) is 0 Å². The lowest BCUT2D eigenvalue weighted by atomic mass is 9.83. The number of para-hydroxylation sites is 1. The topological polar surface area (TPSA) is 32.3 Å². The van der Waals surface area contributed by atoms with Gasteiger partial charge in [0.05, 0.1) is 17.0 Å².